The molecule has 2 aromatic heterocycles. The molecule has 0 saturated heterocycles. The summed E-state index contributed by atoms with van der Waals surface area (Å²) in [4.78, 5) is 68.9. The number of rotatable bonds is 7. The van der Waals surface area contributed by atoms with Crippen molar-refractivity contribution >= 4 is 35.1 Å². The maximum Gasteiger partial charge on any atom is 0.322 e. The fourth-order valence-corrected chi connectivity index (χ4v) is 6.05. The summed E-state index contributed by atoms with van der Waals surface area (Å²) in [6.45, 7) is 8.48. The Balaban J connectivity index is 1.16. The minimum atomic E-state index is -0.369. The van der Waals surface area contributed by atoms with Gasteiger partial charge in [0.05, 0.1) is 13.1 Å². The highest BCUT2D eigenvalue weighted by Gasteiger charge is 2.23. The quantitative estimate of drug-likeness (QED) is 0.283. The Morgan fingerprint density at radius 3 is 1.44 bits per heavy atom. The number of nitrogens with one attached hydrogen (secondary N) is 2. The Hall–Kier alpha value is -5.46. The molecule has 0 atom stereocenters. The van der Waals surface area contributed by atoms with Crippen LogP contribution in [0.15, 0.2) is 60.7 Å². The van der Waals surface area contributed by atoms with E-state index in [1.54, 1.807) is 22.3 Å². The van der Waals surface area contributed by atoms with Gasteiger partial charge in [0.25, 0.3) is 11.8 Å². The third-order valence-electron chi connectivity index (χ3n) is 8.46. The second kappa shape index (κ2) is 13.7. The van der Waals surface area contributed by atoms with Gasteiger partial charge in [0.1, 0.15) is 11.4 Å². The Morgan fingerprint density at radius 2 is 1.04 bits per heavy atom. The monoisotopic (exact) mass is 648 g/mol. The van der Waals surface area contributed by atoms with E-state index in [0.29, 0.717) is 61.8 Å². The number of benzene rings is 2. The number of aromatic nitrogens is 2. The van der Waals surface area contributed by atoms with E-state index in [1.165, 1.54) is 13.8 Å². The minimum Gasteiger partial charge on any atom is -0.368 e. The molecule has 0 unspecified atom stereocenters. The lowest BCUT2D eigenvalue weighted by molar-refractivity contribution is -0.193. The molecule has 6 rings (SSSR count). The number of amides is 2. The van der Waals surface area contributed by atoms with E-state index in [-0.39, 0.29) is 23.8 Å². The second-order valence-corrected chi connectivity index (χ2v) is 11.9. The first-order valence-corrected chi connectivity index (χ1v) is 15.7. The molecule has 0 fully saturated rings. The molecular weight excluding hydrogens is 612 g/mol. The zero-order valence-corrected chi connectivity index (χ0v) is 27.3. The Kier molecular flexibility index (Phi) is 9.28. The van der Waals surface area contributed by atoms with Gasteiger partial charge in [-0.05, 0) is 71.5 Å². The van der Waals surface area contributed by atoms with Crippen LogP contribution in [-0.4, -0.2) is 56.9 Å². The number of hydrogen-bond acceptors (Lipinski definition) is 10. The molecule has 2 N–H and O–H groups in total. The molecule has 2 amide bonds. The normalized spacial score (nSPS) is 14.3. The van der Waals surface area contributed by atoms with Gasteiger partial charge in [-0.25, -0.2) is 9.97 Å². The van der Waals surface area contributed by atoms with Crippen LogP contribution < -0.4 is 10.6 Å². The van der Waals surface area contributed by atoms with Crippen molar-refractivity contribution in [2.45, 2.75) is 53.6 Å². The predicted molar refractivity (Wildman–Crippen MR) is 177 cm³/mol. The van der Waals surface area contributed by atoms with Gasteiger partial charge < -0.3 is 20.3 Å². The van der Waals surface area contributed by atoms with Gasteiger partial charge >= 0.3 is 11.9 Å². The first-order valence-electron chi connectivity index (χ1n) is 15.7. The van der Waals surface area contributed by atoms with Crippen LogP contribution in [0.3, 0.4) is 0 Å². The molecule has 48 heavy (non-hydrogen) atoms. The number of carbonyl (C=O) groups excluding carboxylic acids is 4. The lowest BCUT2D eigenvalue weighted by Gasteiger charge is -2.26. The molecule has 2 aliphatic rings. The van der Waals surface area contributed by atoms with E-state index >= 15 is 0 Å². The van der Waals surface area contributed by atoms with Crippen molar-refractivity contribution in [3.63, 3.8) is 0 Å². The average molecular weight is 649 g/mol. The van der Waals surface area contributed by atoms with Gasteiger partial charge in [0.2, 0.25) is 0 Å². The van der Waals surface area contributed by atoms with Gasteiger partial charge in [-0.15, -0.1) is 10.1 Å². The van der Waals surface area contributed by atoms with Crippen molar-refractivity contribution in [1.82, 2.24) is 20.1 Å². The van der Waals surface area contributed by atoms with E-state index in [2.05, 4.69) is 20.6 Å². The Labute approximate surface area is 278 Å². The van der Waals surface area contributed by atoms with Crippen LogP contribution in [0.5, 0.6) is 0 Å². The van der Waals surface area contributed by atoms with E-state index in [4.69, 9.17) is 9.68 Å². The highest BCUT2D eigenvalue weighted by molar-refractivity contribution is 6.05. The summed E-state index contributed by atoms with van der Waals surface area (Å²) >= 11 is 0. The Bertz CT molecular complexity index is 1800. The summed E-state index contributed by atoms with van der Waals surface area (Å²) in [5.41, 5.74) is 8.90. The molecule has 246 valence electrons. The third-order valence-corrected chi connectivity index (χ3v) is 8.46. The SMILES string of the molecule is CC(=O)ON1CCc2nc(C(=O)Nc3cccc(-c4cccc(NC(=O)c5ccc6c(n5)CCN(OC(C)=O)C6)c4C)c3C)ccc2C1. The molecule has 0 saturated carbocycles. The zero-order chi connectivity index (χ0) is 33.9. The molecule has 4 aromatic rings. The highest BCUT2D eigenvalue weighted by Crippen LogP contribution is 2.34. The molecule has 12 nitrogen and oxygen atoms in total. The van der Waals surface area contributed by atoms with Crippen molar-refractivity contribution in [3.8, 4) is 11.1 Å². The summed E-state index contributed by atoms with van der Waals surface area (Å²) in [6, 6.07) is 18.5. The summed E-state index contributed by atoms with van der Waals surface area (Å²) in [5.74, 6) is -1.39. The molecule has 0 spiro atoms. The summed E-state index contributed by atoms with van der Waals surface area (Å²) in [7, 11) is 0. The van der Waals surface area contributed by atoms with E-state index < -0.39 is 0 Å². The van der Waals surface area contributed by atoms with Crippen LogP contribution >= 0.6 is 0 Å². The first-order chi connectivity index (χ1) is 23.0. The molecule has 0 bridgehead atoms. The van der Waals surface area contributed by atoms with Crippen LogP contribution in [0.25, 0.3) is 11.1 Å². The second-order valence-electron chi connectivity index (χ2n) is 11.9. The van der Waals surface area contributed by atoms with Crippen LogP contribution in [0.1, 0.15) is 68.5 Å². The van der Waals surface area contributed by atoms with Crippen molar-refractivity contribution in [2.75, 3.05) is 23.7 Å². The molecule has 2 aromatic carbocycles. The third kappa shape index (κ3) is 7.09. The number of hydrogen-bond donors (Lipinski definition) is 2. The highest BCUT2D eigenvalue weighted by atomic mass is 16.7. The number of nitrogens with zero attached hydrogens (tertiary/aromatic N) is 4. The number of pyridine rings is 2. The van der Waals surface area contributed by atoms with Crippen molar-refractivity contribution in [1.29, 1.82) is 0 Å². The van der Waals surface area contributed by atoms with Crippen LogP contribution in [0.4, 0.5) is 11.4 Å². The average Bonchev–Trinajstić information content (AvgIpc) is 3.05. The van der Waals surface area contributed by atoms with Crippen molar-refractivity contribution in [3.05, 3.63) is 106 Å². The van der Waals surface area contributed by atoms with E-state index in [0.717, 1.165) is 44.8 Å². The summed E-state index contributed by atoms with van der Waals surface area (Å²) in [5, 5.41) is 9.22. The topological polar surface area (TPSA) is 143 Å². The predicted octanol–water partition coefficient (Wildman–Crippen LogP) is 4.94. The standard InChI is InChI=1S/C36H36N6O6/c1-21-27(7-5-9-29(21)39-35(45)33-13-11-25-19-41(47-23(3)43)17-15-31(25)37-33)28-8-6-10-30(22(28)2)40-36(46)34-14-12-26-20-42(48-24(4)44)18-16-32(26)38-34/h5-14H,15-20H2,1-4H3,(H,39,45)(H,40,46). The lowest BCUT2D eigenvalue weighted by atomic mass is 9.94. The van der Waals surface area contributed by atoms with Crippen LogP contribution in [0, 0.1) is 13.8 Å². The van der Waals surface area contributed by atoms with E-state index in [1.807, 2.05) is 62.4 Å². The summed E-state index contributed by atoms with van der Waals surface area (Å²) in [6.07, 6.45) is 1.12. The fourth-order valence-electron chi connectivity index (χ4n) is 6.05. The molecule has 0 aliphatic carbocycles. The van der Waals surface area contributed by atoms with Gasteiger partial charge in [0, 0.05) is 62.5 Å². The first kappa shape index (κ1) is 32.5. The summed E-state index contributed by atoms with van der Waals surface area (Å²) < 4.78 is 0. The number of fused-ring (bicyclic) bond motifs is 2. The molecule has 2 aliphatic heterocycles. The number of anilines is 2. The number of hydroxylamine groups is 4. The van der Waals surface area contributed by atoms with Crippen molar-refractivity contribution in [2.24, 2.45) is 0 Å². The molecule has 0 radical (unpaired) electrons. The largest absolute Gasteiger partial charge is 0.368 e. The van der Waals surface area contributed by atoms with Gasteiger partial charge in [-0.2, -0.15) is 0 Å². The van der Waals surface area contributed by atoms with Gasteiger partial charge in [-0.1, -0.05) is 36.4 Å². The molecule has 4 heterocycles. The molecular formula is C36H36N6O6. The minimum absolute atomic E-state index is 0.304. The van der Waals surface area contributed by atoms with Gasteiger partial charge in [0.15, 0.2) is 0 Å². The Morgan fingerprint density at radius 1 is 0.625 bits per heavy atom. The fraction of sp³-hybridized carbons (Fsp3) is 0.278. The maximum atomic E-state index is 13.3. The van der Waals surface area contributed by atoms with Crippen molar-refractivity contribution < 1.29 is 28.9 Å². The molecule has 12 heteroatoms. The maximum absolute atomic E-state index is 13.3. The zero-order valence-electron chi connectivity index (χ0n) is 27.3. The lowest BCUT2D eigenvalue weighted by Crippen LogP contribution is -2.33. The smallest absolute Gasteiger partial charge is 0.322 e. The van der Waals surface area contributed by atoms with Crippen LogP contribution in [0.2, 0.25) is 0 Å². The number of carbonyl (C=O) groups is 4. The van der Waals surface area contributed by atoms with Crippen LogP contribution in [-0.2, 0) is 45.2 Å². The van der Waals surface area contributed by atoms with Gasteiger partial charge in [-0.3, -0.25) is 19.2 Å². The van der Waals surface area contributed by atoms with E-state index in [9.17, 15) is 19.2 Å².